The second-order valence-corrected chi connectivity index (χ2v) is 11.0. The van der Waals surface area contributed by atoms with Gasteiger partial charge in [0, 0.05) is 31.0 Å². The molecule has 0 saturated carbocycles. The normalized spacial score (nSPS) is 32.3. The van der Waals surface area contributed by atoms with Crippen LogP contribution in [0.15, 0.2) is 0 Å². The van der Waals surface area contributed by atoms with Crippen molar-refractivity contribution in [2.45, 2.75) is 94.2 Å². The van der Waals surface area contributed by atoms with Crippen molar-refractivity contribution in [1.82, 2.24) is 15.5 Å². The summed E-state index contributed by atoms with van der Waals surface area (Å²) in [5.74, 6) is -0.882. The number of carbonyl (C=O) groups is 3. The lowest BCUT2D eigenvalue weighted by atomic mass is 9.70. The maximum atomic E-state index is 13.7. The van der Waals surface area contributed by atoms with Gasteiger partial charge in [0.1, 0.15) is 6.04 Å². The Balaban J connectivity index is 1.86. The van der Waals surface area contributed by atoms with Crippen molar-refractivity contribution >= 4 is 29.5 Å². The summed E-state index contributed by atoms with van der Waals surface area (Å²) in [6.45, 7) is 7.38. The lowest BCUT2D eigenvalue weighted by molar-refractivity contribution is -0.140. The molecule has 8 heteroatoms. The SMILES string of the molecule is CCCNC(=O)[C@@H]1[C@H]2C(=O)N(CCCCCO)C(C(=O)NC(C)CCC)C23CC[C@H]1S3. The number of aliphatic hydroxyl groups excluding tert-OH is 1. The summed E-state index contributed by atoms with van der Waals surface area (Å²) in [7, 11) is 0. The van der Waals surface area contributed by atoms with E-state index in [2.05, 4.69) is 17.6 Å². The van der Waals surface area contributed by atoms with Crippen molar-refractivity contribution in [2.24, 2.45) is 11.8 Å². The van der Waals surface area contributed by atoms with Crippen molar-refractivity contribution < 1.29 is 19.5 Å². The van der Waals surface area contributed by atoms with E-state index < -0.39 is 16.7 Å². The standard InChI is InChI=1S/C23H39N3O4S/c1-4-9-15(3)25-21(29)19-23-11-10-16(31-23)17(20(28)24-12-5-2)18(23)22(30)26(19)13-7-6-8-14-27/h15-19,27H,4-14H2,1-3H3,(H,24,28)(H,25,29)/t15?,16-,17+,18+,19?,23?/m1/s1. The van der Waals surface area contributed by atoms with E-state index in [0.717, 1.165) is 44.9 Å². The monoisotopic (exact) mass is 453 g/mol. The largest absolute Gasteiger partial charge is 0.396 e. The third kappa shape index (κ3) is 4.61. The van der Waals surface area contributed by atoms with Crippen LogP contribution in [-0.4, -0.2) is 69.5 Å². The Morgan fingerprint density at radius 1 is 1.23 bits per heavy atom. The fourth-order valence-corrected chi connectivity index (χ4v) is 7.98. The number of nitrogens with zero attached hydrogens (tertiary/aromatic N) is 1. The van der Waals surface area contributed by atoms with Gasteiger partial charge < -0.3 is 20.6 Å². The summed E-state index contributed by atoms with van der Waals surface area (Å²) in [6.07, 6.45) is 6.70. The van der Waals surface area contributed by atoms with E-state index in [1.165, 1.54) is 0 Å². The van der Waals surface area contributed by atoms with Gasteiger partial charge in [-0.25, -0.2) is 0 Å². The van der Waals surface area contributed by atoms with Gasteiger partial charge in [0.2, 0.25) is 17.7 Å². The molecule has 0 aromatic heterocycles. The second kappa shape index (κ2) is 10.6. The topological polar surface area (TPSA) is 98.7 Å². The quantitative estimate of drug-likeness (QED) is 0.393. The first-order chi connectivity index (χ1) is 14.9. The minimum absolute atomic E-state index is 0.0279. The number of likely N-dealkylation sites (tertiary alicyclic amines) is 1. The summed E-state index contributed by atoms with van der Waals surface area (Å²) in [5.41, 5.74) is 0. The lowest BCUT2D eigenvalue weighted by Gasteiger charge is -2.35. The number of thioether (sulfide) groups is 1. The van der Waals surface area contributed by atoms with Crippen LogP contribution in [0.1, 0.15) is 72.1 Å². The molecule has 0 aromatic rings. The highest BCUT2D eigenvalue weighted by molar-refractivity contribution is 8.02. The Hall–Kier alpha value is -1.28. The Kier molecular flexibility index (Phi) is 8.30. The molecule has 3 saturated heterocycles. The molecule has 6 atom stereocenters. The highest BCUT2D eigenvalue weighted by Crippen LogP contribution is 2.66. The van der Waals surface area contributed by atoms with Crippen molar-refractivity contribution in [1.29, 1.82) is 0 Å². The molecule has 3 rings (SSSR count). The number of carbonyl (C=O) groups excluding carboxylic acids is 3. The summed E-state index contributed by atoms with van der Waals surface area (Å²) in [4.78, 5) is 41.9. The Morgan fingerprint density at radius 3 is 2.68 bits per heavy atom. The predicted molar refractivity (Wildman–Crippen MR) is 123 cm³/mol. The zero-order valence-electron chi connectivity index (χ0n) is 19.2. The van der Waals surface area contributed by atoms with Gasteiger partial charge in [-0.05, 0) is 51.9 Å². The van der Waals surface area contributed by atoms with Gasteiger partial charge in [-0.2, -0.15) is 0 Å². The number of nitrogens with one attached hydrogen (secondary N) is 2. The van der Waals surface area contributed by atoms with Crippen LogP contribution in [0.4, 0.5) is 0 Å². The van der Waals surface area contributed by atoms with E-state index in [-0.39, 0.29) is 41.5 Å². The van der Waals surface area contributed by atoms with Crippen molar-refractivity contribution in [2.75, 3.05) is 19.7 Å². The third-order valence-electron chi connectivity index (χ3n) is 7.07. The number of rotatable bonds is 12. The van der Waals surface area contributed by atoms with Crippen molar-refractivity contribution in [3.8, 4) is 0 Å². The van der Waals surface area contributed by atoms with Gasteiger partial charge in [0.25, 0.3) is 0 Å². The van der Waals surface area contributed by atoms with Crippen LogP contribution in [0, 0.1) is 11.8 Å². The molecule has 3 heterocycles. The van der Waals surface area contributed by atoms with Gasteiger partial charge in [-0.1, -0.05) is 20.3 Å². The van der Waals surface area contributed by atoms with Gasteiger partial charge in [-0.15, -0.1) is 11.8 Å². The van der Waals surface area contributed by atoms with E-state index in [1.807, 2.05) is 13.8 Å². The maximum Gasteiger partial charge on any atom is 0.244 e. The van der Waals surface area contributed by atoms with Gasteiger partial charge >= 0.3 is 0 Å². The number of hydrogen-bond acceptors (Lipinski definition) is 5. The third-order valence-corrected chi connectivity index (χ3v) is 9.02. The predicted octanol–water partition coefficient (Wildman–Crippen LogP) is 2.07. The van der Waals surface area contributed by atoms with E-state index in [1.54, 1.807) is 16.7 Å². The molecule has 0 aromatic carbocycles. The van der Waals surface area contributed by atoms with Crippen LogP contribution in [0.5, 0.6) is 0 Å². The first kappa shape index (κ1) is 24.4. The number of fused-ring (bicyclic) bond motifs is 1. The van der Waals surface area contributed by atoms with Gasteiger partial charge in [0.15, 0.2) is 0 Å². The van der Waals surface area contributed by atoms with E-state index in [0.29, 0.717) is 19.5 Å². The Labute approximate surface area is 190 Å². The van der Waals surface area contributed by atoms with Gasteiger partial charge in [-0.3, -0.25) is 14.4 Å². The highest BCUT2D eigenvalue weighted by Gasteiger charge is 2.73. The fourth-order valence-electron chi connectivity index (χ4n) is 5.76. The molecule has 3 aliphatic heterocycles. The first-order valence-electron chi connectivity index (χ1n) is 12.1. The molecule has 2 bridgehead atoms. The number of amides is 3. The van der Waals surface area contributed by atoms with E-state index in [4.69, 9.17) is 5.11 Å². The lowest BCUT2D eigenvalue weighted by Crippen LogP contribution is -2.55. The molecular formula is C23H39N3O4S. The molecule has 1 spiro atoms. The minimum atomic E-state index is -0.516. The smallest absolute Gasteiger partial charge is 0.244 e. The van der Waals surface area contributed by atoms with Crippen LogP contribution in [0.25, 0.3) is 0 Å². The summed E-state index contributed by atoms with van der Waals surface area (Å²) < 4.78 is -0.497. The molecule has 3 amide bonds. The molecule has 3 unspecified atom stereocenters. The number of unbranched alkanes of at least 4 members (excludes halogenated alkanes) is 2. The van der Waals surface area contributed by atoms with Crippen LogP contribution >= 0.6 is 11.8 Å². The molecule has 0 aliphatic carbocycles. The zero-order valence-corrected chi connectivity index (χ0v) is 20.0. The van der Waals surface area contributed by atoms with E-state index in [9.17, 15) is 14.4 Å². The van der Waals surface area contributed by atoms with E-state index >= 15 is 0 Å². The molecule has 3 N–H and O–H groups in total. The molecule has 3 aliphatic rings. The highest BCUT2D eigenvalue weighted by atomic mass is 32.2. The Morgan fingerprint density at radius 2 is 2.00 bits per heavy atom. The van der Waals surface area contributed by atoms with Crippen LogP contribution in [0.2, 0.25) is 0 Å². The minimum Gasteiger partial charge on any atom is -0.396 e. The summed E-state index contributed by atoms with van der Waals surface area (Å²) in [5, 5.41) is 15.4. The summed E-state index contributed by atoms with van der Waals surface area (Å²) >= 11 is 1.72. The molecule has 3 fully saturated rings. The maximum absolute atomic E-state index is 13.7. The average molecular weight is 454 g/mol. The van der Waals surface area contributed by atoms with Crippen LogP contribution in [-0.2, 0) is 14.4 Å². The van der Waals surface area contributed by atoms with Crippen molar-refractivity contribution in [3.05, 3.63) is 0 Å². The zero-order chi connectivity index (χ0) is 22.6. The molecule has 176 valence electrons. The Bertz CT molecular complexity index is 675. The molecule has 31 heavy (non-hydrogen) atoms. The van der Waals surface area contributed by atoms with Crippen molar-refractivity contribution in [3.63, 3.8) is 0 Å². The molecule has 7 nitrogen and oxygen atoms in total. The van der Waals surface area contributed by atoms with Gasteiger partial charge in [0.05, 0.1) is 16.6 Å². The molecular weight excluding hydrogens is 414 g/mol. The molecule has 0 radical (unpaired) electrons. The number of hydrogen-bond donors (Lipinski definition) is 3. The second-order valence-electron chi connectivity index (χ2n) is 9.36. The average Bonchev–Trinajstić information content (AvgIpc) is 3.37. The fraction of sp³-hybridized carbons (Fsp3) is 0.870. The van der Waals surface area contributed by atoms with Crippen LogP contribution in [0.3, 0.4) is 0 Å². The first-order valence-corrected chi connectivity index (χ1v) is 13.0. The summed E-state index contributed by atoms with van der Waals surface area (Å²) in [6, 6.07) is -0.455. The van der Waals surface area contributed by atoms with Crippen LogP contribution < -0.4 is 10.6 Å². The number of aliphatic hydroxyl groups is 1.